The van der Waals surface area contributed by atoms with Crippen LogP contribution in [0.25, 0.3) is 0 Å². The second-order valence-corrected chi connectivity index (χ2v) is 8.24. The van der Waals surface area contributed by atoms with E-state index < -0.39 is 0 Å². The molecule has 1 saturated heterocycles. The molecular formula is C24H33N5O. The minimum Gasteiger partial charge on any atom is -0.341 e. The van der Waals surface area contributed by atoms with Crippen LogP contribution in [0.4, 0.5) is 0 Å². The van der Waals surface area contributed by atoms with Gasteiger partial charge in [-0.05, 0) is 43.0 Å². The molecule has 160 valence electrons. The van der Waals surface area contributed by atoms with E-state index in [2.05, 4.69) is 29.8 Å². The Morgan fingerprint density at radius 3 is 2.73 bits per heavy atom. The van der Waals surface area contributed by atoms with Gasteiger partial charge in [0.05, 0.1) is 24.4 Å². The average Bonchev–Trinajstić information content (AvgIpc) is 3.41. The number of hydrogen-bond acceptors (Lipinski definition) is 4. The van der Waals surface area contributed by atoms with Crippen molar-refractivity contribution in [2.75, 3.05) is 32.7 Å². The third-order valence-electron chi connectivity index (χ3n) is 6.05. The van der Waals surface area contributed by atoms with Crippen LogP contribution in [0.1, 0.15) is 49.9 Å². The molecule has 1 fully saturated rings. The third kappa shape index (κ3) is 5.93. The Morgan fingerprint density at radius 2 is 2.07 bits per heavy atom. The lowest BCUT2D eigenvalue weighted by Gasteiger charge is -2.25. The second kappa shape index (κ2) is 10.9. The van der Waals surface area contributed by atoms with Crippen LogP contribution in [-0.4, -0.2) is 58.0 Å². The van der Waals surface area contributed by atoms with Crippen molar-refractivity contribution in [1.82, 2.24) is 19.4 Å². The van der Waals surface area contributed by atoms with E-state index >= 15 is 0 Å². The predicted molar refractivity (Wildman–Crippen MR) is 118 cm³/mol. The molecule has 1 aliphatic rings. The smallest absolute Gasteiger partial charge is 0.228 e. The Balaban J connectivity index is 1.57. The largest absolute Gasteiger partial charge is 0.341 e. The fourth-order valence-corrected chi connectivity index (χ4v) is 4.13. The van der Waals surface area contributed by atoms with Crippen LogP contribution in [0.15, 0.2) is 36.8 Å². The Labute approximate surface area is 180 Å². The third-order valence-corrected chi connectivity index (χ3v) is 6.05. The van der Waals surface area contributed by atoms with E-state index in [0.717, 1.165) is 49.8 Å². The number of nitriles is 1. The molecule has 1 aromatic heterocycles. The van der Waals surface area contributed by atoms with Crippen LogP contribution >= 0.6 is 0 Å². The van der Waals surface area contributed by atoms with Crippen LogP contribution in [0.2, 0.25) is 0 Å². The summed E-state index contributed by atoms with van der Waals surface area (Å²) in [5, 5.41) is 8.95. The van der Waals surface area contributed by atoms with Crippen LogP contribution in [0.3, 0.4) is 0 Å². The number of rotatable bonds is 10. The Hall–Kier alpha value is -2.65. The molecule has 0 aliphatic carbocycles. The van der Waals surface area contributed by atoms with Gasteiger partial charge in [0.25, 0.3) is 0 Å². The molecule has 1 aliphatic heterocycles. The number of hydrogen-bond donors (Lipinski definition) is 0. The van der Waals surface area contributed by atoms with Crippen LogP contribution < -0.4 is 0 Å². The normalized spacial score (nSPS) is 16.5. The van der Waals surface area contributed by atoms with E-state index in [9.17, 15) is 4.79 Å². The highest BCUT2D eigenvalue weighted by molar-refractivity contribution is 5.78. The summed E-state index contributed by atoms with van der Waals surface area (Å²) in [5.74, 6) is 0.988. The maximum atomic E-state index is 13.0. The van der Waals surface area contributed by atoms with E-state index in [4.69, 9.17) is 5.26 Å². The molecule has 2 heterocycles. The van der Waals surface area contributed by atoms with E-state index in [-0.39, 0.29) is 5.91 Å². The molecule has 0 bridgehead atoms. The summed E-state index contributed by atoms with van der Waals surface area (Å²) in [6.45, 7) is 9.92. The summed E-state index contributed by atoms with van der Waals surface area (Å²) >= 11 is 0. The lowest BCUT2D eigenvalue weighted by Crippen LogP contribution is -2.39. The lowest BCUT2D eigenvalue weighted by atomic mass is 10.1. The fourth-order valence-electron chi connectivity index (χ4n) is 4.13. The van der Waals surface area contributed by atoms with E-state index in [1.807, 2.05) is 33.7 Å². The van der Waals surface area contributed by atoms with Crippen LogP contribution in [-0.2, 0) is 17.8 Å². The number of nitrogens with zero attached hydrogens (tertiary/aromatic N) is 5. The van der Waals surface area contributed by atoms with Gasteiger partial charge in [-0.1, -0.05) is 32.4 Å². The molecule has 0 saturated carbocycles. The maximum absolute atomic E-state index is 13.0. The van der Waals surface area contributed by atoms with Gasteiger partial charge in [0, 0.05) is 44.6 Å². The first kappa shape index (κ1) is 22.0. The predicted octanol–water partition coefficient (Wildman–Crippen LogP) is 3.32. The van der Waals surface area contributed by atoms with Crippen LogP contribution in [0, 0.1) is 17.2 Å². The first-order valence-corrected chi connectivity index (χ1v) is 11.1. The number of amides is 1. The first-order valence-electron chi connectivity index (χ1n) is 11.1. The van der Waals surface area contributed by atoms with Crippen molar-refractivity contribution in [2.24, 2.45) is 5.92 Å². The van der Waals surface area contributed by atoms with Gasteiger partial charge in [-0.2, -0.15) is 5.26 Å². The quantitative estimate of drug-likeness (QED) is 0.606. The maximum Gasteiger partial charge on any atom is 0.228 e. The van der Waals surface area contributed by atoms with Crippen molar-refractivity contribution >= 4 is 5.91 Å². The topological polar surface area (TPSA) is 65.2 Å². The lowest BCUT2D eigenvalue weighted by molar-refractivity contribution is -0.130. The van der Waals surface area contributed by atoms with Crippen LogP contribution in [0.5, 0.6) is 0 Å². The first-order chi connectivity index (χ1) is 14.6. The average molecular weight is 408 g/mol. The number of benzene rings is 1. The molecule has 0 N–H and O–H groups in total. The van der Waals surface area contributed by atoms with Gasteiger partial charge < -0.3 is 14.4 Å². The number of carbonyl (C=O) groups is 1. The molecule has 2 aromatic rings. The second-order valence-electron chi connectivity index (χ2n) is 8.24. The highest BCUT2D eigenvalue weighted by Crippen LogP contribution is 2.18. The SMILES string of the molecule is CCCN(CCN1CC[C@H](CC)C1)C(=O)Cc1cncn1Cc1ccc(C#N)cc1. The van der Waals surface area contributed by atoms with Crippen molar-refractivity contribution in [3.63, 3.8) is 0 Å². The van der Waals surface area contributed by atoms with Gasteiger partial charge in [-0.25, -0.2) is 4.98 Å². The van der Waals surface area contributed by atoms with Gasteiger partial charge >= 0.3 is 0 Å². The summed E-state index contributed by atoms with van der Waals surface area (Å²) in [6.07, 6.45) is 7.43. The van der Waals surface area contributed by atoms with Gasteiger partial charge in [0.2, 0.25) is 5.91 Å². The fraction of sp³-hybridized carbons (Fsp3) is 0.542. The van der Waals surface area contributed by atoms with E-state index in [0.29, 0.717) is 18.5 Å². The molecule has 0 radical (unpaired) electrons. The zero-order chi connectivity index (χ0) is 21.3. The summed E-state index contributed by atoms with van der Waals surface area (Å²) in [7, 11) is 0. The standard InChI is InChI=1S/C24H33N5O/c1-3-10-28(13-12-27-11-9-20(4-2)17-27)24(30)14-23-16-26-19-29(23)18-22-7-5-21(15-25)6-8-22/h5-8,16,19-20H,3-4,9-14,17-18H2,1-2H3/t20-/m0/s1. The van der Waals surface area contributed by atoms with Crippen molar-refractivity contribution in [1.29, 1.82) is 5.26 Å². The summed E-state index contributed by atoms with van der Waals surface area (Å²) in [4.78, 5) is 21.8. The Morgan fingerprint density at radius 1 is 1.27 bits per heavy atom. The van der Waals surface area contributed by atoms with Gasteiger partial charge in [-0.3, -0.25) is 4.79 Å². The number of carbonyl (C=O) groups excluding carboxylic acids is 1. The Bertz CT molecular complexity index is 851. The van der Waals surface area contributed by atoms with Crippen molar-refractivity contribution < 1.29 is 4.79 Å². The molecule has 1 amide bonds. The summed E-state index contributed by atoms with van der Waals surface area (Å²) in [5.41, 5.74) is 2.67. The number of aromatic nitrogens is 2. The summed E-state index contributed by atoms with van der Waals surface area (Å²) < 4.78 is 2.02. The van der Waals surface area contributed by atoms with Gasteiger partial charge in [0.15, 0.2) is 0 Å². The molecule has 1 aromatic carbocycles. The zero-order valence-corrected chi connectivity index (χ0v) is 18.3. The monoisotopic (exact) mass is 407 g/mol. The molecule has 30 heavy (non-hydrogen) atoms. The molecule has 0 spiro atoms. The minimum absolute atomic E-state index is 0.171. The Kier molecular flexibility index (Phi) is 8.04. The molecule has 6 heteroatoms. The summed E-state index contributed by atoms with van der Waals surface area (Å²) in [6, 6.07) is 9.68. The van der Waals surface area contributed by atoms with Gasteiger partial charge in [-0.15, -0.1) is 0 Å². The minimum atomic E-state index is 0.171. The van der Waals surface area contributed by atoms with E-state index in [1.165, 1.54) is 19.4 Å². The highest BCUT2D eigenvalue weighted by Gasteiger charge is 2.22. The van der Waals surface area contributed by atoms with Gasteiger partial charge in [0.1, 0.15) is 0 Å². The molecule has 6 nitrogen and oxygen atoms in total. The van der Waals surface area contributed by atoms with Crippen molar-refractivity contribution in [3.8, 4) is 6.07 Å². The number of imidazole rings is 1. The molecular weight excluding hydrogens is 374 g/mol. The number of likely N-dealkylation sites (tertiary alicyclic amines) is 1. The van der Waals surface area contributed by atoms with Crippen molar-refractivity contribution in [2.45, 2.75) is 46.1 Å². The van der Waals surface area contributed by atoms with E-state index in [1.54, 1.807) is 12.5 Å². The van der Waals surface area contributed by atoms with Crippen molar-refractivity contribution in [3.05, 3.63) is 53.6 Å². The molecule has 0 unspecified atom stereocenters. The highest BCUT2D eigenvalue weighted by atomic mass is 16.2. The molecule has 3 rings (SSSR count). The zero-order valence-electron chi connectivity index (χ0n) is 18.3. The molecule has 1 atom stereocenters.